The van der Waals surface area contributed by atoms with E-state index in [1.807, 2.05) is 0 Å². The number of carbonyl (C=O) groups is 2. The molecule has 5 nitrogen and oxygen atoms in total. The van der Waals surface area contributed by atoms with Crippen LogP contribution in [-0.4, -0.2) is 29.1 Å². The summed E-state index contributed by atoms with van der Waals surface area (Å²) in [5, 5.41) is 12.5. The van der Waals surface area contributed by atoms with Gasteiger partial charge in [-0.25, -0.2) is 0 Å². The lowest BCUT2D eigenvalue weighted by Crippen LogP contribution is -2.38. The summed E-state index contributed by atoms with van der Waals surface area (Å²) in [5.74, 6) is -0.568. The Balaban J connectivity index is 2.19. The maximum Gasteiger partial charge on any atom is 0.308 e. The number of carbonyl (C=O) groups excluding carboxylic acids is 2. The highest BCUT2D eigenvalue weighted by molar-refractivity contribution is 9.11. The van der Waals surface area contributed by atoms with Gasteiger partial charge in [0.05, 0.1) is 16.1 Å². The van der Waals surface area contributed by atoms with Gasteiger partial charge in [-0.05, 0) is 53.7 Å². The van der Waals surface area contributed by atoms with Gasteiger partial charge in [-0.15, -0.1) is 0 Å². The van der Waals surface area contributed by atoms with E-state index in [2.05, 4.69) is 37.2 Å². The highest BCUT2D eigenvalue weighted by Gasteiger charge is 2.24. The minimum absolute atomic E-state index is 0.0267. The van der Waals surface area contributed by atoms with Gasteiger partial charge >= 0.3 is 5.97 Å². The van der Waals surface area contributed by atoms with Crippen molar-refractivity contribution >= 4 is 43.7 Å². The van der Waals surface area contributed by atoms with Crippen molar-refractivity contribution in [2.45, 2.75) is 44.8 Å². The van der Waals surface area contributed by atoms with E-state index >= 15 is 0 Å². The summed E-state index contributed by atoms with van der Waals surface area (Å²) in [6, 6.07) is 3.36. The van der Waals surface area contributed by atoms with Crippen molar-refractivity contribution in [2.24, 2.45) is 0 Å². The summed E-state index contributed by atoms with van der Waals surface area (Å²) >= 11 is 6.64. The lowest BCUT2D eigenvalue weighted by atomic mass is 9.93. The van der Waals surface area contributed by atoms with E-state index in [1.54, 1.807) is 12.1 Å². The molecule has 0 unspecified atom stereocenters. The zero-order valence-electron chi connectivity index (χ0n) is 12.1. The van der Waals surface area contributed by atoms with Crippen LogP contribution in [-0.2, 0) is 4.79 Å². The third-order valence-electron chi connectivity index (χ3n) is 3.53. The molecule has 1 aliphatic carbocycles. The number of hydrogen-bond donors (Lipinski definition) is 2. The van der Waals surface area contributed by atoms with Gasteiger partial charge in [-0.1, -0.05) is 15.9 Å². The molecular weight excluding hydrogens is 418 g/mol. The van der Waals surface area contributed by atoms with Crippen LogP contribution >= 0.6 is 31.9 Å². The Bertz CT molecular complexity index is 583. The van der Waals surface area contributed by atoms with Crippen molar-refractivity contribution in [3.8, 4) is 5.75 Å². The fraction of sp³-hybridized carbons (Fsp3) is 0.467. The number of nitrogens with one attached hydrogen (secondary N) is 1. The van der Waals surface area contributed by atoms with Crippen LogP contribution in [0, 0.1) is 0 Å². The molecule has 1 fully saturated rings. The third-order valence-corrected chi connectivity index (χ3v) is 4.58. The summed E-state index contributed by atoms with van der Waals surface area (Å²) in [6.07, 6.45) is 2.58. The van der Waals surface area contributed by atoms with Crippen LogP contribution in [0.5, 0.6) is 5.75 Å². The molecule has 0 atom stereocenters. The molecule has 0 aliphatic heterocycles. The second kappa shape index (κ2) is 7.57. The molecule has 0 spiro atoms. The van der Waals surface area contributed by atoms with Gasteiger partial charge < -0.3 is 15.2 Å². The molecule has 1 saturated carbocycles. The maximum absolute atomic E-state index is 12.5. The van der Waals surface area contributed by atoms with Crippen molar-refractivity contribution in [3.63, 3.8) is 0 Å². The second-order valence-corrected chi connectivity index (χ2v) is 7.11. The van der Waals surface area contributed by atoms with Crippen LogP contribution in [0.1, 0.15) is 43.0 Å². The first-order valence-electron chi connectivity index (χ1n) is 7.03. The molecule has 1 aliphatic rings. The first-order chi connectivity index (χ1) is 10.4. The molecule has 0 saturated heterocycles. The number of aliphatic hydroxyl groups is 1. The normalized spacial score (nSPS) is 21.3. The molecule has 0 aromatic heterocycles. The minimum atomic E-state index is -0.488. The quantitative estimate of drug-likeness (QED) is 0.565. The number of aliphatic hydroxyl groups excluding tert-OH is 1. The number of benzene rings is 1. The molecular formula is C15H17Br2NO4. The zero-order valence-corrected chi connectivity index (χ0v) is 15.2. The highest BCUT2D eigenvalue weighted by Crippen LogP contribution is 2.33. The van der Waals surface area contributed by atoms with Crippen LogP contribution < -0.4 is 10.1 Å². The van der Waals surface area contributed by atoms with E-state index in [4.69, 9.17) is 4.74 Å². The first-order valence-corrected chi connectivity index (χ1v) is 8.62. The van der Waals surface area contributed by atoms with Gasteiger partial charge in [-0.3, -0.25) is 9.59 Å². The maximum atomic E-state index is 12.5. The Morgan fingerprint density at radius 1 is 1.23 bits per heavy atom. The van der Waals surface area contributed by atoms with Gasteiger partial charge in [0.15, 0.2) is 5.75 Å². The molecule has 2 N–H and O–H groups in total. The number of rotatable bonds is 3. The molecule has 1 aromatic carbocycles. The molecule has 1 amide bonds. The number of esters is 1. The first kappa shape index (κ1) is 17.4. The van der Waals surface area contributed by atoms with Crippen LogP contribution in [0.25, 0.3) is 0 Å². The van der Waals surface area contributed by atoms with Crippen molar-refractivity contribution in [1.82, 2.24) is 5.32 Å². The van der Waals surface area contributed by atoms with Crippen molar-refractivity contribution in [2.75, 3.05) is 0 Å². The summed E-state index contributed by atoms with van der Waals surface area (Å²) < 4.78 is 6.39. The van der Waals surface area contributed by atoms with Crippen LogP contribution in [0.2, 0.25) is 0 Å². The monoisotopic (exact) mass is 433 g/mol. The van der Waals surface area contributed by atoms with E-state index in [0.717, 1.165) is 12.8 Å². The van der Waals surface area contributed by atoms with Gasteiger partial charge in [-0.2, -0.15) is 0 Å². The summed E-state index contributed by atoms with van der Waals surface area (Å²) in [7, 11) is 0. The molecule has 7 heteroatoms. The highest BCUT2D eigenvalue weighted by atomic mass is 79.9. The topological polar surface area (TPSA) is 75.6 Å². The van der Waals surface area contributed by atoms with E-state index in [1.165, 1.54) is 6.92 Å². The zero-order chi connectivity index (χ0) is 16.3. The molecule has 120 valence electrons. The number of hydrogen-bond acceptors (Lipinski definition) is 4. The smallest absolute Gasteiger partial charge is 0.308 e. The second-order valence-electron chi connectivity index (χ2n) is 5.34. The standard InChI is InChI=1S/C15H17Br2NO4/c1-8(19)22-14-12(6-9(16)7-13(14)17)15(21)18-10-2-4-11(20)5-3-10/h6-7,10-11,20H,2-5H2,1H3,(H,18,21). The van der Waals surface area contributed by atoms with Crippen LogP contribution in [0.15, 0.2) is 21.1 Å². The van der Waals surface area contributed by atoms with E-state index < -0.39 is 5.97 Å². The van der Waals surface area contributed by atoms with E-state index in [9.17, 15) is 14.7 Å². The Hall–Kier alpha value is -0.920. The van der Waals surface area contributed by atoms with Crippen molar-refractivity contribution < 1.29 is 19.4 Å². The van der Waals surface area contributed by atoms with Gasteiger partial charge in [0.25, 0.3) is 5.91 Å². The predicted octanol–water partition coefficient (Wildman–Crippen LogP) is 3.17. The molecule has 0 bridgehead atoms. The Morgan fingerprint density at radius 3 is 2.45 bits per heavy atom. The molecule has 0 heterocycles. The van der Waals surface area contributed by atoms with Crippen molar-refractivity contribution in [1.29, 1.82) is 0 Å². The Labute approximate surface area is 145 Å². The lowest BCUT2D eigenvalue weighted by Gasteiger charge is -2.26. The largest absolute Gasteiger partial charge is 0.425 e. The fourth-order valence-electron chi connectivity index (χ4n) is 2.46. The summed E-state index contributed by atoms with van der Waals surface area (Å²) in [5.41, 5.74) is 0.294. The molecule has 1 aromatic rings. The molecule has 2 rings (SSSR count). The molecule has 0 radical (unpaired) electrons. The predicted molar refractivity (Wildman–Crippen MR) is 88.9 cm³/mol. The molecule has 22 heavy (non-hydrogen) atoms. The van der Waals surface area contributed by atoms with Gasteiger partial charge in [0.1, 0.15) is 0 Å². The number of halogens is 2. The van der Waals surface area contributed by atoms with Crippen molar-refractivity contribution in [3.05, 3.63) is 26.6 Å². The van der Waals surface area contributed by atoms with Gasteiger partial charge in [0, 0.05) is 17.4 Å². The van der Waals surface area contributed by atoms with Crippen LogP contribution in [0.4, 0.5) is 0 Å². The van der Waals surface area contributed by atoms with Gasteiger partial charge in [0.2, 0.25) is 0 Å². The Morgan fingerprint density at radius 2 is 1.86 bits per heavy atom. The van der Waals surface area contributed by atoms with E-state index in [0.29, 0.717) is 27.4 Å². The average molecular weight is 435 g/mol. The summed E-state index contributed by atoms with van der Waals surface area (Å²) in [6.45, 7) is 1.29. The Kier molecular flexibility index (Phi) is 6.00. The van der Waals surface area contributed by atoms with E-state index in [-0.39, 0.29) is 23.8 Å². The summed E-state index contributed by atoms with van der Waals surface area (Å²) in [4.78, 5) is 23.7. The average Bonchev–Trinajstić information content (AvgIpc) is 2.43. The fourth-order valence-corrected chi connectivity index (χ4v) is 3.77. The third kappa shape index (κ3) is 4.54. The SMILES string of the molecule is CC(=O)Oc1c(Br)cc(Br)cc1C(=O)NC1CCC(O)CC1. The minimum Gasteiger partial charge on any atom is -0.425 e. The number of amides is 1. The number of ether oxygens (including phenoxy) is 1. The van der Waals surface area contributed by atoms with Crippen LogP contribution in [0.3, 0.4) is 0 Å². The lowest BCUT2D eigenvalue weighted by molar-refractivity contribution is -0.131.